The molecule has 0 unspecified atom stereocenters. The first-order valence-electron chi connectivity index (χ1n) is 9.01. The number of fused-ring (bicyclic) bond motifs is 2. The summed E-state index contributed by atoms with van der Waals surface area (Å²) >= 11 is 0. The van der Waals surface area contributed by atoms with Crippen LogP contribution in [0.1, 0.15) is 13.8 Å². The van der Waals surface area contributed by atoms with E-state index in [0.717, 1.165) is 44.6 Å². The number of nitrogens with one attached hydrogen (secondary N) is 2. The Morgan fingerprint density at radius 1 is 0.643 bits per heavy atom. The third kappa shape index (κ3) is 3.66. The van der Waals surface area contributed by atoms with Gasteiger partial charge in [0.2, 0.25) is 0 Å². The summed E-state index contributed by atoms with van der Waals surface area (Å²) in [5.74, 6) is 0. The Morgan fingerprint density at radius 2 is 1.07 bits per heavy atom. The monoisotopic (exact) mass is 368 g/mol. The van der Waals surface area contributed by atoms with Crippen LogP contribution in [0.2, 0.25) is 0 Å². The highest BCUT2D eigenvalue weighted by Crippen LogP contribution is 2.21. The third-order valence-corrected chi connectivity index (χ3v) is 4.48. The van der Waals surface area contributed by atoms with Gasteiger partial charge in [0.15, 0.2) is 0 Å². The summed E-state index contributed by atoms with van der Waals surface area (Å²) in [4.78, 5) is 8.86. The first kappa shape index (κ1) is 17.6. The predicted molar refractivity (Wildman–Crippen MR) is 117 cm³/mol. The normalized spacial score (nSPS) is 12.4. The van der Waals surface area contributed by atoms with Crippen LogP contribution in [-0.4, -0.2) is 21.4 Å². The molecular formula is C22H20N6. The minimum atomic E-state index is 0.772. The van der Waals surface area contributed by atoms with Crippen LogP contribution in [0.3, 0.4) is 0 Å². The highest BCUT2D eigenvalue weighted by molar-refractivity contribution is 6.40. The molecule has 0 radical (unpaired) electrons. The zero-order chi connectivity index (χ0) is 19.3. The topological polar surface area (TPSA) is 74.6 Å². The molecule has 4 aromatic rings. The van der Waals surface area contributed by atoms with Gasteiger partial charge < -0.3 is 0 Å². The molecule has 0 fully saturated rings. The van der Waals surface area contributed by atoms with E-state index < -0.39 is 0 Å². The molecule has 2 heterocycles. The van der Waals surface area contributed by atoms with E-state index in [1.165, 1.54) is 0 Å². The maximum atomic E-state index is 4.46. The fourth-order valence-electron chi connectivity index (χ4n) is 2.84. The van der Waals surface area contributed by atoms with Crippen LogP contribution in [0, 0.1) is 0 Å². The van der Waals surface area contributed by atoms with Crippen molar-refractivity contribution in [3.05, 3.63) is 73.1 Å². The number of benzene rings is 2. The van der Waals surface area contributed by atoms with Crippen molar-refractivity contribution in [3.63, 3.8) is 0 Å². The number of para-hydroxylation sites is 2. The lowest BCUT2D eigenvalue weighted by molar-refractivity contribution is 1.30. The van der Waals surface area contributed by atoms with Crippen LogP contribution >= 0.6 is 0 Å². The highest BCUT2D eigenvalue weighted by Gasteiger charge is 2.03. The lowest BCUT2D eigenvalue weighted by atomic mass is 10.2. The van der Waals surface area contributed by atoms with E-state index in [-0.39, 0.29) is 0 Å². The molecule has 0 saturated heterocycles. The number of rotatable bonds is 5. The number of anilines is 2. The van der Waals surface area contributed by atoms with Crippen molar-refractivity contribution >= 4 is 44.6 Å². The molecule has 0 amide bonds. The summed E-state index contributed by atoms with van der Waals surface area (Å²) in [5.41, 5.74) is 11.2. The maximum Gasteiger partial charge on any atom is 0.0951 e. The van der Waals surface area contributed by atoms with Gasteiger partial charge in [-0.1, -0.05) is 36.4 Å². The summed E-state index contributed by atoms with van der Waals surface area (Å²) in [6.45, 7) is 3.82. The second-order valence-electron chi connectivity index (χ2n) is 6.38. The molecule has 6 nitrogen and oxygen atoms in total. The Morgan fingerprint density at radius 3 is 1.54 bits per heavy atom. The molecule has 0 bridgehead atoms. The molecule has 2 aromatic heterocycles. The average molecular weight is 368 g/mol. The van der Waals surface area contributed by atoms with Crippen LogP contribution in [0.5, 0.6) is 0 Å². The van der Waals surface area contributed by atoms with Gasteiger partial charge in [0.25, 0.3) is 0 Å². The molecule has 28 heavy (non-hydrogen) atoms. The van der Waals surface area contributed by atoms with Crippen molar-refractivity contribution in [1.29, 1.82) is 0 Å². The van der Waals surface area contributed by atoms with Crippen molar-refractivity contribution in [3.8, 4) is 0 Å². The van der Waals surface area contributed by atoms with Gasteiger partial charge in [-0.2, -0.15) is 10.2 Å². The summed E-state index contributed by atoms with van der Waals surface area (Å²) in [7, 11) is 0. The second-order valence-corrected chi connectivity index (χ2v) is 6.38. The summed E-state index contributed by atoms with van der Waals surface area (Å²) in [6.07, 6.45) is 3.55. The van der Waals surface area contributed by atoms with Crippen molar-refractivity contribution in [2.45, 2.75) is 13.8 Å². The predicted octanol–water partition coefficient (Wildman–Crippen LogP) is 5.06. The quantitative estimate of drug-likeness (QED) is 0.381. The van der Waals surface area contributed by atoms with Crippen molar-refractivity contribution in [2.24, 2.45) is 10.2 Å². The van der Waals surface area contributed by atoms with Crippen molar-refractivity contribution in [1.82, 2.24) is 9.97 Å². The van der Waals surface area contributed by atoms with E-state index in [1.54, 1.807) is 12.4 Å². The minimum absolute atomic E-state index is 0.772. The molecule has 0 aliphatic heterocycles. The molecule has 4 rings (SSSR count). The minimum Gasteiger partial charge on any atom is -0.276 e. The van der Waals surface area contributed by atoms with E-state index in [2.05, 4.69) is 31.0 Å². The Balaban J connectivity index is 1.53. The molecule has 0 aliphatic rings. The maximum absolute atomic E-state index is 4.46. The van der Waals surface area contributed by atoms with E-state index in [9.17, 15) is 0 Å². The van der Waals surface area contributed by atoms with Crippen LogP contribution in [0.4, 0.5) is 11.4 Å². The molecule has 0 saturated carbocycles. The number of hydrazone groups is 2. The van der Waals surface area contributed by atoms with Gasteiger partial charge in [0.05, 0.1) is 33.8 Å². The first-order chi connectivity index (χ1) is 13.7. The van der Waals surface area contributed by atoms with Crippen molar-refractivity contribution < 1.29 is 0 Å². The number of aromatic nitrogens is 2. The van der Waals surface area contributed by atoms with Gasteiger partial charge in [0, 0.05) is 23.2 Å². The van der Waals surface area contributed by atoms with Gasteiger partial charge in [-0.3, -0.25) is 20.8 Å². The number of hydrogen-bond acceptors (Lipinski definition) is 6. The fourth-order valence-corrected chi connectivity index (χ4v) is 2.84. The van der Waals surface area contributed by atoms with Crippen LogP contribution < -0.4 is 10.9 Å². The van der Waals surface area contributed by atoms with E-state index >= 15 is 0 Å². The lowest BCUT2D eigenvalue weighted by Crippen LogP contribution is -2.10. The van der Waals surface area contributed by atoms with Gasteiger partial charge in [0.1, 0.15) is 0 Å². The molecule has 138 valence electrons. The Bertz CT molecular complexity index is 1090. The largest absolute Gasteiger partial charge is 0.276 e. The SMILES string of the molecule is CC(=NNc1cccc2cccnc12)C(C)=NNc1cccc2cccnc12. The van der Waals surface area contributed by atoms with Crippen LogP contribution in [0.25, 0.3) is 21.8 Å². The highest BCUT2D eigenvalue weighted by atomic mass is 15.3. The van der Waals surface area contributed by atoms with Crippen molar-refractivity contribution in [2.75, 3.05) is 10.9 Å². The molecule has 0 atom stereocenters. The van der Waals surface area contributed by atoms with Gasteiger partial charge in [-0.05, 0) is 38.1 Å². The summed E-state index contributed by atoms with van der Waals surface area (Å²) in [6, 6.07) is 19.8. The fraction of sp³-hybridized carbons (Fsp3) is 0.0909. The summed E-state index contributed by atoms with van der Waals surface area (Å²) in [5, 5.41) is 11.0. The first-order valence-corrected chi connectivity index (χ1v) is 9.01. The van der Waals surface area contributed by atoms with E-state index in [0.29, 0.717) is 0 Å². The van der Waals surface area contributed by atoms with Gasteiger partial charge in [-0.25, -0.2) is 0 Å². The number of pyridine rings is 2. The van der Waals surface area contributed by atoms with Gasteiger partial charge >= 0.3 is 0 Å². The molecular weight excluding hydrogens is 348 g/mol. The zero-order valence-corrected chi connectivity index (χ0v) is 15.7. The molecule has 2 N–H and O–H groups in total. The summed E-state index contributed by atoms with van der Waals surface area (Å²) < 4.78 is 0. The molecule has 6 heteroatoms. The van der Waals surface area contributed by atoms with Gasteiger partial charge in [-0.15, -0.1) is 0 Å². The van der Waals surface area contributed by atoms with E-state index in [4.69, 9.17) is 0 Å². The average Bonchev–Trinajstić information content (AvgIpc) is 2.75. The molecule has 2 aromatic carbocycles. The second kappa shape index (κ2) is 7.84. The van der Waals surface area contributed by atoms with Crippen LogP contribution in [-0.2, 0) is 0 Å². The number of nitrogens with zero attached hydrogens (tertiary/aromatic N) is 4. The Hall–Kier alpha value is -3.80. The lowest BCUT2D eigenvalue weighted by Gasteiger charge is -2.08. The Labute approximate surface area is 163 Å². The van der Waals surface area contributed by atoms with E-state index in [1.807, 2.05) is 74.5 Å². The Kier molecular flexibility index (Phi) is 4.93. The third-order valence-electron chi connectivity index (χ3n) is 4.48. The standard InChI is InChI=1S/C22H20N6/c1-15(25-27-19-11-3-7-17-9-5-13-23-21(17)19)16(2)26-28-20-12-4-8-18-10-6-14-24-22(18)20/h3-14,27-28H,1-2H3. The number of hydrogen-bond donors (Lipinski definition) is 2. The van der Waals surface area contributed by atoms with Crippen LogP contribution in [0.15, 0.2) is 83.3 Å². The zero-order valence-electron chi connectivity index (χ0n) is 15.7. The molecule has 0 aliphatic carbocycles. The molecule has 0 spiro atoms. The smallest absolute Gasteiger partial charge is 0.0951 e.